The van der Waals surface area contributed by atoms with Crippen LogP contribution in [0.2, 0.25) is 0 Å². The van der Waals surface area contributed by atoms with Gasteiger partial charge in [-0.3, -0.25) is 23.3 Å². The first kappa shape index (κ1) is 20.9. The summed E-state index contributed by atoms with van der Waals surface area (Å²) in [6.45, 7) is 3.72. The maximum absolute atomic E-state index is 13.2. The number of imidazole rings is 1. The van der Waals surface area contributed by atoms with Crippen molar-refractivity contribution in [1.29, 1.82) is 0 Å². The lowest BCUT2D eigenvalue weighted by Crippen LogP contribution is -2.38. The quantitative estimate of drug-likeness (QED) is 0.576. The molecule has 0 N–H and O–H groups in total. The summed E-state index contributed by atoms with van der Waals surface area (Å²) in [6, 6.07) is 6.93. The fourth-order valence-corrected chi connectivity index (χ4v) is 4.07. The fraction of sp³-hybridized carbons (Fsp3) is 0.455. The SMILES string of the molecule is COc1cccc(C(=O)Cn2c(N3CCC(C)CC3)nc3c2c(=O)n(C)c(=O)n3C)c1. The smallest absolute Gasteiger partial charge is 0.332 e. The third kappa shape index (κ3) is 3.64. The van der Waals surface area contributed by atoms with Crippen molar-refractivity contribution in [2.75, 3.05) is 25.1 Å². The van der Waals surface area contributed by atoms with Gasteiger partial charge in [-0.05, 0) is 30.9 Å². The largest absolute Gasteiger partial charge is 0.497 e. The number of nitrogens with zero attached hydrogens (tertiary/aromatic N) is 5. The number of fused-ring (bicyclic) bond motifs is 1. The molecule has 1 saturated heterocycles. The molecule has 0 aliphatic carbocycles. The maximum atomic E-state index is 13.2. The molecule has 31 heavy (non-hydrogen) atoms. The highest BCUT2D eigenvalue weighted by Crippen LogP contribution is 2.26. The predicted molar refractivity (Wildman–Crippen MR) is 118 cm³/mol. The zero-order valence-corrected chi connectivity index (χ0v) is 18.3. The second-order valence-corrected chi connectivity index (χ2v) is 8.20. The molecule has 1 aliphatic rings. The van der Waals surface area contributed by atoms with E-state index in [1.807, 2.05) is 0 Å². The van der Waals surface area contributed by atoms with Crippen LogP contribution in [0.3, 0.4) is 0 Å². The number of methoxy groups -OCH3 is 1. The van der Waals surface area contributed by atoms with Crippen LogP contribution in [0.1, 0.15) is 30.1 Å². The first-order valence-corrected chi connectivity index (χ1v) is 10.4. The molecule has 1 aromatic carbocycles. The number of rotatable bonds is 5. The van der Waals surface area contributed by atoms with Crippen LogP contribution in [0.4, 0.5) is 5.95 Å². The second kappa shape index (κ2) is 8.05. The topological polar surface area (TPSA) is 91.4 Å². The lowest BCUT2D eigenvalue weighted by molar-refractivity contribution is 0.0973. The Kier molecular flexibility index (Phi) is 5.43. The summed E-state index contributed by atoms with van der Waals surface area (Å²) in [4.78, 5) is 45.4. The van der Waals surface area contributed by atoms with E-state index in [-0.39, 0.29) is 17.8 Å². The molecule has 1 aliphatic heterocycles. The predicted octanol–water partition coefficient (Wildman–Crippen LogP) is 1.56. The van der Waals surface area contributed by atoms with Crippen molar-refractivity contribution < 1.29 is 9.53 Å². The lowest BCUT2D eigenvalue weighted by atomic mass is 10.00. The van der Waals surface area contributed by atoms with E-state index < -0.39 is 11.2 Å². The first-order valence-electron chi connectivity index (χ1n) is 10.4. The summed E-state index contributed by atoms with van der Waals surface area (Å²) < 4.78 is 9.31. The number of benzene rings is 1. The summed E-state index contributed by atoms with van der Waals surface area (Å²) >= 11 is 0. The molecular weight excluding hydrogens is 398 g/mol. The molecule has 0 amide bonds. The first-order chi connectivity index (χ1) is 14.8. The second-order valence-electron chi connectivity index (χ2n) is 8.20. The van der Waals surface area contributed by atoms with Crippen molar-refractivity contribution in [2.24, 2.45) is 20.0 Å². The molecule has 4 rings (SSSR count). The van der Waals surface area contributed by atoms with Crippen molar-refractivity contribution in [2.45, 2.75) is 26.3 Å². The average Bonchev–Trinajstić information content (AvgIpc) is 3.16. The van der Waals surface area contributed by atoms with Gasteiger partial charge in [0.2, 0.25) is 5.95 Å². The van der Waals surface area contributed by atoms with Gasteiger partial charge in [0.25, 0.3) is 5.56 Å². The van der Waals surface area contributed by atoms with E-state index in [1.165, 1.54) is 11.6 Å². The Morgan fingerprint density at radius 1 is 1.16 bits per heavy atom. The van der Waals surface area contributed by atoms with Crippen molar-refractivity contribution in [3.63, 3.8) is 0 Å². The normalized spacial score (nSPS) is 14.9. The van der Waals surface area contributed by atoms with Crippen LogP contribution in [0.15, 0.2) is 33.9 Å². The van der Waals surface area contributed by atoms with Gasteiger partial charge in [0.05, 0.1) is 13.7 Å². The van der Waals surface area contributed by atoms with Crippen LogP contribution in [0, 0.1) is 5.92 Å². The van der Waals surface area contributed by atoms with Gasteiger partial charge >= 0.3 is 5.69 Å². The van der Waals surface area contributed by atoms with E-state index in [4.69, 9.17) is 4.74 Å². The summed E-state index contributed by atoms with van der Waals surface area (Å²) in [5, 5.41) is 0. The van der Waals surface area contributed by atoms with Crippen LogP contribution in [-0.4, -0.2) is 44.7 Å². The standard InChI is InChI=1S/C22H27N5O4/c1-14-8-10-26(11-9-14)21-23-19-18(20(29)25(3)22(30)24(19)2)27(21)13-17(28)15-6-5-7-16(12-15)31-4/h5-7,12,14H,8-11,13H2,1-4H3. The molecule has 2 aromatic heterocycles. The molecule has 0 saturated carbocycles. The number of ether oxygens (including phenoxy) is 1. The van der Waals surface area contributed by atoms with Crippen molar-refractivity contribution in [1.82, 2.24) is 18.7 Å². The maximum Gasteiger partial charge on any atom is 0.332 e. The van der Waals surface area contributed by atoms with Crippen LogP contribution in [0.25, 0.3) is 11.2 Å². The van der Waals surface area contributed by atoms with Gasteiger partial charge in [-0.2, -0.15) is 4.98 Å². The number of aryl methyl sites for hydroxylation is 1. The van der Waals surface area contributed by atoms with Gasteiger partial charge in [-0.25, -0.2) is 4.79 Å². The molecule has 3 aromatic rings. The Morgan fingerprint density at radius 2 is 1.87 bits per heavy atom. The highest BCUT2D eigenvalue weighted by atomic mass is 16.5. The number of Topliss-reactive ketones (excluding diaryl/α,β-unsaturated/α-hetero) is 1. The van der Waals surface area contributed by atoms with Gasteiger partial charge in [-0.1, -0.05) is 19.1 Å². The highest BCUT2D eigenvalue weighted by molar-refractivity contribution is 5.97. The third-order valence-electron chi connectivity index (χ3n) is 6.09. The molecule has 0 radical (unpaired) electrons. The summed E-state index contributed by atoms with van der Waals surface area (Å²) in [6.07, 6.45) is 2.01. The zero-order valence-electron chi connectivity index (χ0n) is 18.3. The Bertz CT molecular complexity index is 1260. The van der Waals surface area contributed by atoms with Crippen LogP contribution < -0.4 is 20.9 Å². The fourth-order valence-electron chi connectivity index (χ4n) is 4.07. The Balaban J connectivity index is 1.86. The van der Waals surface area contributed by atoms with Crippen molar-refractivity contribution in [3.8, 4) is 5.75 Å². The van der Waals surface area contributed by atoms with Crippen molar-refractivity contribution in [3.05, 3.63) is 50.7 Å². The van der Waals surface area contributed by atoms with Crippen LogP contribution in [0.5, 0.6) is 5.75 Å². The number of piperidine rings is 1. The van der Waals surface area contributed by atoms with Gasteiger partial charge in [0.15, 0.2) is 16.9 Å². The number of carbonyl (C=O) groups is 1. The molecule has 0 unspecified atom stereocenters. The number of aromatic nitrogens is 4. The molecule has 0 bridgehead atoms. The molecule has 3 heterocycles. The van der Waals surface area contributed by atoms with Crippen molar-refractivity contribution >= 4 is 22.9 Å². The Morgan fingerprint density at radius 3 is 2.55 bits per heavy atom. The van der Waals surface area contributed by atoms with Gasteiger partial charge < -0.3 is 9.64 Å². The van der Waals surface area contributed by atoms with E-state index in [0.29, 0.717) is 28.8 Å². The Labute approximate surface area is 179 Å². The molecule has 1 fully saturated rings. The monoisotopic (exact) mass is 425 g/mol. The van der Waals surface area contributed by atoms with E-state index in [1.54, 1.807) is 43.0 Å². The number of hydrogen-bond donors (Lipinski definition) is 0. The summed E-state index contributed by atoms with van der Waals surface area (Å²) in [5.41, 5.74) is 0.136. The minimum absolute atomic E-state index is 0.0570. The van der Waals surface area contributed by atoms with Gasteiger partial charge in [-0.15, -0.1) is 0 Å². The van der Waals surface area contributed by atoms with Crippen LogP contribution >= 0.6 is 0 Å². The third-order valence-corrected chi connectivity index (χ3v) is 6.09. The van der Waals surface area contributed by atoms with E-state index >= 15 is 0 Å². The minimum atomic E-state index is -0.458. The highest BCUT2D eigenvalue weighted by Gasteiger charge is 2.26. The molecule has 164 valence electrons. The molecule has 9 heteroatoms. The number of anilines is 1. The lowest BCUT2D eigenvalue weighted by Gasteiger charge is -2.31. The Hall–Kier alpha value is -3.36. The van der Waals surface area contributed by atoms with Crippen LogP contribution in [-0.2, 0) is 20.6 Å². The van der Waals surface area contributed by atoms with E-state index in [2.05, 4.69) is 16.8 Å². The number of hydrogen-bond acceptors (Lipinski definition) is 6. The van der Waals surface area contributed by atoms with Gasteiger partial charge in [0, 0.05) is 32.7 Å². The van der Waals surface area contributed by atoms with E-state index in [0.717, 1.165) is 30.5 Å². The minimum Gasteiger partial charge on any atom is -0.497 e. The molecule has 0 spiro atoms. The van der Waals surface area contributed by atoms with E-state index in [9.17, 15) is 14.4 Å². The number of ketones is 1. The molecule has 9 nitrogen and oxygen atoms in total. The average molecular weight is 425 g/mol. The summed E-state index contributed by atoms with van der Waals surface area (Å²) in [7, 11) is 4.58. The number of carbonyl (C=O) groups excluding carboxylic acids is 1. The molecule has 0 atom stereocenters. The summed E-state index contributed by atoms with van der Waals surface area (Å²) in [5.74, 6) is 1.59. The molecular formula is C22H27N5O4. The van der Waals surface area contributed by atoms with Gasteiger partial charge in [0.1, 0.15) is 5.75 Å². The zero-order chi connectivity index (χ0) is 22.3.